The van der Waals surface area contributed by atoms with Crippen LogP contribution in [0.4, 0.5) is 10.5 Å². The second kappa shape index (κ2) is 3.53. The average molecular weight is 206 g/mol. The van der Waals surface area contributed by atoms with Gasteiger partial charge in [-0.05, 0) is 18.1 Å². The number of carbonyl (C=O) groups is 1. The molecule has 0 unspecified atom stereocenters. The Hall–Kier alpha value is -1.58. The van der Waals surface area contributed by atoms with E-state index in [0.29, 0.717) is 12.5 Å². The third-order valence-corrected chi connectivity index (χ3v) is 2.66. The van der Waals surface area contributed by atoms with E-state index in [1.54, 1.807) is 0 Å². The number of nitrogens with zero attached hydrogens (tertiary/aromatic N) is 2. The standard InChI is InChI=1S/C11H14N2O2/c1-7(2)8-3-4-10-9(12-8)5-6-13(10)11(14)15/h3-4,7H,5-6H2,1-2H3,(H,14,15). The number of pyridine rings is 1. The summed E-state index contributed by atoms with van der Waals surface area (Å²) in [6, 6.07) is 3.77. The van der Waals surface area contributed by atoms with Crippen molar-refractivity contribution >= 4 is 11.8 Å². The minimum atomic E-state index is -0.896. The van der Waals surface area contributed by atoms with Crippen LogP contribution in [0.15, 0.2) is 12.1 Å². The van der Waals surface area contributed by atoms with Crippen molar-refractivity contribution in [1.82, 2.24) is 4.98 Å². The van der Waals surface area contributed by atoms with Crippen molar-refractivity contribution < 1.29 is 9.90 Å². The third kappa shape index (κ3) is 1.67. The molecule has 1 aliphatic heterocycles. The van der Waals surface area contributed by atoms with Crippen molar-refractivity contribution in [1.29, 1.82) is 0 Å². The van der Waals surface area contributed by atoms with Gasteiger partial charge in [0.05, 0.1) is 11.4 Å². The molecular formula is C11H14N2O2. The lowest BCUT2D eigenvalue weighted by atomic mass is 10.1. The summed E-state index contributed by atoms with van der Waals surface area (Å²) in [5.74, 6) is 0.383. The fraction of sp³-hybridized carbons (Fsp3) is 0.455. The maximum atomic E-state index is 10.9. The molecule has 0 saturated heterocycles. The van der Waals surface area contributed by atoms with Gasteiger partial charge in [0, 0.05) is 18.7 Å². The highest BCUT2D eigenvalue weighted by molar-refractivity contribution is 5.88. The normalized spacial score (nSPS) is 14.5. The van der Waals surface area contributed by atoms with Crippen molar-refractivity contribution in [2.45, 2.75) is 26.2 Å². The van der Waals surface area contributed by atoms with E-state index >= 15 is 0 Å². The average Bonchev–Trinajstić information content (AvgIpc) is 2.59. The number of hydrogen-bond acceptors (Lipinski definition) is 2. The van der Waals surface area contributed by atoms with Crippen molar-refractivity contribution in [3.63, 3.8) is 0 Å². The van der Waals surface area contributed by atoms with E-state index in [4.69, 9.17) is 5.11 Å². The van der Waals surface area contributed by atoms with Crippen LogP contribution >= 0.6 is 0 Å². The number of amides is 1. The van der Waals surface area contributed by atoms with Crippen molar-refractivity contribution in [3.8, 4) is 0 Å². The number of carboxylic acid groups (broad SMARTS) is 1. The van der Waals surface area contributed by atoms with Gasteiger partial charge in [-0.2, -0.15) is 0 Å². The maximum absolute atomic E-state index is 10.9. The Kier molecular flexibility index (Phi) is 2.34. The molecule has 4 heteroatoms. The van der Waals surface area contributed by atoms with Gasteiger partial charge in [0.2, 0.25) is 0 Å². The summed E-state index contributed by atoms with van der Waals surface area (Å²) < 4.78 is 0. The van der Waals surface area contributed by atoms with Gasteiger partial charge in [-0.1, -0.05) is 13.8 Å². The van der Waals surface area contributed by atoms with Gasteiger partial charge in [-0.25, -0.2) is 4.79 Å². The molecule has 0 aliphatic carbocycles. The molecule has 0 fully saturated rings. The highest BCUT2D eigenvalue weighted by atomic mass is 16.4. The maximum Gasteiger partial charge on any atom is 0.411 e. The van der Waals surface area contributed by atoms with Crippen LogP contribution in [-0.4, -0.2) is 22.7 Å². The van der Waals surface area contributed by atoms with Crippen LogP contribution in [0.2, 0.25) is 0 Å². The topological polar surface area (TPSA) is 53.4 Å². The zero-order valence-electron chi connectivity index (χ0n) is 8.90. The Morgan fingerprint density at radius 3 is 2.87 bits per heavy atom. The molecule has 1 aromatic rings. The molecule has 80 valence electrons. The van der Waals surface area contributed by atoms with Crippen LogP contribution in [0.3, 0.4) is 0 Å². The lowest BCUT2D eigenvalue weighted by Crippen LogP contribution is -2.26. The molecule has 2 rings (SSSR count). The highest BCUT2D eigenvalue weighted by Crippen LogP contribution is 2.28. The first kappa shape index (κ1) is 9.96. The Morgan fingerprint density at radius 1 is 1.53 bits per heavy atom. The largest absolute Gasteiger partial charge is 0.465 e. The van der Waals surface area contributed by atoms with E-state index in [1.807, 2.05) is 12.1 Å². The Bertz CT molecular complexity index is 402. The predicted molar refractivity (Wildman–Crippen MR) is 57.4 cm³/mol. The molecule has 2 heterocycles. The summed E-state index contributed by atoms with van der Waals surface area (Å²) in [7, 11) is 0. The van der Waals surface area contributed by atoms with Gasteiger partial charge in [0.1, 0.15) is 0 Å². The summed E-state index contributed by atoms with van der Waals surface area (Å²) >= 11 is 0. The van der Waals surface area contributed by atoms with Crippen LogP contribution in [0.25, 0.3) is 0 Å². The quantitative estimate of drug-likeness (QED) is 0.766. The first-order valence-electron chi connectivity index (χ1n) is 5.10. The molecule has 0 aromatic carbocycles. The van der Waals surface area contributed by atoms with E-state index in [-0.39, 0.29) is 0 Å². The summed E-state index contributed by atoms with van der Waals surface area (Å²) in [6.07, 6.45) is -0.171. The van der Waals surface area contributed by atoms with Crippen LogP contribution in [-0.2, 0) is 6.42 Å². The molecular weight excluding hydrogens is 192 g/mol. The van der Waals surface area contributed by atoms with E-state index in [0.717, 1.165) is 23.5 Å². The molecule has 1 aliphatic rings. The van der Waals surface area contributed by atoms with Gasteiger partial charge < -0.3 is 5.11 Å². The summed E-state index contributed by atoms with van der Waals surface area (Å²) in [4.78, 5) is 16.7. The summed E-state index contributed by atoms with van der Waals surface area (Å²) in [6.45, 7) is 4.69. The van der Waals surface area contributed by atoms with Crippen molar-refractivity contribution in [3.05, 3.63) is 23.5 Å². The van der Waals surface area contributed by atoms with Gasteiger partial charge in [-0.15, -0.1) is 0 Å². The predicted octanol–water partition coefficient (Wildman–Crippen LogP) is 2.25. The molecule has 1 aromatic heterocycles. The van der Waals surface area contributed by atoms with Crippen LogP contribution in [0.5, 0.6) is 0 Å². The third-order valence-electron chi connectivity index (χ3n) is 2.66. The number of hydrogen-bond donors (Lipinski definition) is 1. The first-order valence-corrected chi connectivity index (χ1v) is 5.10. The van der Waals surface area contributed by atoms with E-state index < -0.39 is 6.09 Å². The Labute approximate surface area is 88.6 Å². The summed E-state index contributed by atoms with van der Waals surface area (Å²) in [5.41, 5.74) is 2.68. The van der Waals surface area contributed by atoms with Gasteiger partial charge >= 0.3 is 6.09 Å². The Morgan fingerprint density at radius 2 is 2.27 bits per heavy atom. The fourth-order valence-electron chi connectivity index (χ4n) is 1.80. The molecule has 1 N–H and O–H groups in total. The molecule has 0 spiro atoms. The van der Waals surface area contributed by atoms with E-state index in [9.17, 15) is 4.79 Å². The second-order valence-corrected chi connectivity index (χ2v) is 4.04. The minimum Gasteiger partial charge on any atom is -0.465 e. The van der Waals surface area contributed by atoms with Crippen LogP contribution in [0, 0.1) is 0 Å². The van der Waals surface area contributed by atoms with Gasteiger partial charge in [0.15, 0.2) is 0 Å². The fourth-order valence-corrected chi connectivity index (χ4v) is 1.80. The Balaban J connectivity index is 2.37. The lowest BCUT2D eigenvalue weighted by Gasteiger charge is -2.12. The second-order valence-electron chi connectivity index (χ2n) is 4.04. The first-order chi connectivity index (χ1) is 7.09. The SMILES string of the molecule is CC(C)c1ccc2c(n1)CCN2C(=O)O. The highest BCUT2D eigenvalue weighted by Gasteiger charge is 2.25. The van der Waals surface area contributed by atoms with E-state index in [2.05, 4.69) is 18.8 Å². The smallest absolute Gasteiger partial charge is 0.411 e. The monoisotopic (exact) mass is 206 g/mol. The summed E-state index contributed by atoms with van der Waals surface area (Å²) in [5, 5.41) is 8.94. The molecule has 0 radical (unpaired) electrons. The lowest BCUT2D eigenvalue weighted by molar-refractivity contribution is 0.202. The molecule has 0 saturated carbocycles. The molecule has 15 heavy (non-hydrogen) atoms. The zero-order chi connectivity index (χ0) is 11.0. The molecule has 1 amide bonds. The zero-order valence-corrected chi connectivity index (χ0v) is 8.90. The molecule has 0 atom stereocenters. The number of aromatic nitrogens is 1. The number of anilines is 1. The van der Waals surface area contributed by atoms with Gasteiger partial charge in [-0.3, -0.25) is 9.88 Å². The van der Waals surface area contributed by atoms with Gasteiger partial charge in [0.25, 0.3) is 0 Å². The number of fused-ring (bicyclic) bond motifs is 1. The minimum absolute atomic E-state index is 0.383. The van der Waals surface area contributed by atoms with Crippen LogP contribution in [0.1, 0.15) is 31.2 Å². The number of rotatable bonds is 1. The van der Waals surface area contributed by atoms with Crippen molar-refractivity contribution in [2.75, 3.05) is 11.4 Å². The van der Waals surface area contributed by atoms with Crippen LogP contribution < -0.4 is 4.90 Å². The molecule has 4 nitrogen and oxygen atoms in total. The van der Waals surface area contributed by atoms with Crippen molar-refractivity contribution in [2.24, 2.45) is 0 Å². The van der Waals surface area contributed by atoms with E-state index in [1.165, 1.54) is 4.90 Å². The molecule has 0 bridgehead atoms.